The van der Waals surface area contributed by atoms with Gasteiger partial charge in [-0.1, -0.05) is 6.92 Å². The van der Waals surface area contributed by atoms with Gasteiger partial charge in [-0.25, -0.2) is 0 Å². The van der Waals surface area contributed by atoms with Gasteiger partial charge in [0.2, 0.25) is 5.91 Å². The van der Waals surface area contributed by atoms with Crippen molar-refractivity contribution in [2.45, 2.75) is 26.7 Å². The standard InChI is InChI=1S/C8H15NO2/c1-3-5-8(11)9(4-2)6-7-10/h7H,3-6H2,1-2H3. The first-order chi connectivity index (χ1) is 5.26. The molecule has 3 nitrogen and oxygen atoms in total. The van der Waals surface area contributed by atoms with E-state index in [1.165, 1.54) is 0 Å². The number of rotatable bonds is 5. The van der Waals surface area contributed by atoms with Crippen LogP contribution < -0.4 is 0 Å². The highest BCUT2D eigenvalue weighted by Crippen LogP contribution is 1.95. The van der Waals surface area contributed by atoms with Gasteiger partial charge in [-0.15, -0.1) is 0 Å². The highest BCUT2D eigenvalue weighted by atomic mass is 16.2. The summed E-state index contributed by atoms with van der Waals surface area (Å²) in [4.78, 5) is 22.8. The predicted molar refractivity (Wildman–Crippen MR) is 43.2 cm³/mol. The maximum Gasteiger partial charge on any atom is 0.222 e. The molecule has 0 aliphatic heterocycles. The molecule has 0 aliphatic rings. The van der Waals surface area contributed by atoms with Gasteiger partial charge in [0.15, 0.2) is 0 Å². The Hall–Kier alpha value is -0.860. The lowest BCUT2D eigenvalue weighted by Crippen LogP contribution is -2.31. The van der Waals surface area contributed by atoms with Gasteiger partial charge < -0.3 is 9.69 Å². The molecule has 0 aromatic rings. The molecule has 0 spiro atoms. The smallest absolute Gasteiger partial charge is 0.222 e. The summed E-state index contributed by atoms with van der Waals surface area (Å²) in [5.74, 6) is 0.0714. The van der Waals surface area contributed by atoms with E-state index in [2.05, 4.69) is 0 Å². The number of aldehydes is 1. The van der Waals surface area contributed by atoms with E-state index in [0.717, 1.165) is 12.7 Å². The Kier molecular flexibility index (Phi) is 5.43. The average molecular weight is 157 g/mol. The lowest BCUT2D eigenvalue weighted by molar-refractivity contribution is -0.132. The molecule has 0 aromatic heterocycles. The molecule has 11 heavy (non-hydrogen) atoms. The van der Waals surface area contributed by atoms with Crippen LogP contribution in [-0.2, 0) is 9.59 Å². The predicted octanol–water partition coefficient (Wildman–Crippen LogP) is 0.834. The molecular formula is C8H15NO2. The van der Waals surface area contributed by atoms with E-state index in [4.69, 9.17) is 0 Å². The molecule has 0 radical (unpaired) electrons. The highest BCUT2D eigenvalue weighted by molar-refractivity contribution is 5.78. The van der Waals surface area contributed by atoms with Crippen molar-refractivity contribution in [3.05, 3.63) is 0 Å². The first-order valence-corrected chi connectivity index (χ1v) is 3.97. The first-order valence-electron chi connectivity index (χ1n) is 3.97. The lowest BCUT2D eigenvalue weighted by Gasteiger charge is -2.16. The van der Waals surface area contributed by atoms with E-state index in [0.29, 0.717) is 13.0 Å². The molecule has 3 heteroatoms. The van der Waals surface area contributed by atoms with Crippen LogP contribution in [0.5, 0.6) is 0 Å². The van der Waals surface area contributed by atoms with Crippen LogP contribution >= 0.6 is 0 Å². The summed E-state index contributed by atoms with van der Waals surface area (Å²) in [6.07, 6.45) is 2.15. The Morgan fingerprint density at radius 3 is 2.45 bits per heavy atom. The third kappa shape index (κ3) is 3.75. The number of nitrogens with zero attached hydrogens (tertiary/aromatic N) is 1. The molecule has 0 unspecified atom stereocenters. The number of amides is 1. The van der Waals surface area contributed by atoms with Crippen LogP contribution in [0.25, 0.3) is 0 Å². The molecule has 0 atom stereocenters. The Bertz CT molecular complexity index is 134. The van der Waals surface area contributed by atoms with Crippen molar-refractivity contribution in [3.8, 4) is 0 Å². The van der Waals surface area contributed by atoms with E-state index in [9.17, 15) is 9.59 Å². The van der Waals surface area contributed by atoms with Crippen molar-refractivity contribution in [3.63, 3.8) is 0 Å². The summed E-state index contributed by atoms with van der Waals surface area (Å²) in [5.41, 5.74) is 0. The molecular weight excluding hydrogens is 142 g/mol. The van der Waals surface area contributed by atoms with Crippen molar-refractivity contribution >= 4 is 12.2 Å². The molecule has 0 fully saturated rings. The monoisotopic (exact) mass is 157 g/mol. The Balaban J connectivity index is 3.80. The van der Waals surface area contributed by atoms with E-state index in [-0.39, 0.29) is 12.5 Å². The fraction of sp³-hybridized carbons (Fsp3) is 0.750. The summed E-state index contributed by atoms with van der Waals surface area (Å²) in [5, 5.41) is 0. The van der Waals surface area contributed by atoms with Crippen LogP contribution in [0.1, 0.15) is 26.7 Å². The fourth-order valence-corrected chi connectivity index (χ4v) is 0.869. The molecule has 0 bridgehead atoms. The van der Waals surface area contributed by atoms with Crippen molar-refractivity contribution in [1.82, 2.24) is 4.90 Å². The van der Waals surface area contributed by atoms with Crippen molar-refractivity contribution < 1.29 is 9.59 Å². The van der Waals surface area contributed by atoms with E-state index >= 15 is 0 Å². The summed E-state index contributed by atoms with van der Waals surface area (Å²) in [7, 11) is 0. The Morgan fingerprint density at radius 1 is 1.45 bits per heavy atom. The van der Waals surface area contributed by atoms with Crippen LogP contribution in [0, 0.1) is 0 Å². The van der Waals surface area contributed by atoms with Crippen LogP contribution in [0.4, 0.5) is 0 Å². The minimum Gasteiger partial charge on any atom is -0.336 e. The zero-order valence-corrected chi connectivity index (χ0v) is 7.17. The number of hydrogen-bond acceptors (Lipinski definition) is 2. The van der Waals surface area contributed by atoms with Gasteiger partial charge in [0.05, 0.1) is 6.54 Å². The fourth-order valence-electron chi connectivity index (χ4n) is 0.869. The molecule has 0 aromatic carbocycles. The molecule has 0 saturated carbocycles. The topological polar surface area (TPSA) is 37.4 Å². The Labute approximate surface area is 67.4 Å². The number of carbonyl (C=O) groups excluding carboxylic acids is 2. The first kappa shape index (κ1) is 10.1. The second-order valence-electron chi connectivity index (χ2n) is 2.35. The zero-order valence-electron chi connectivity index (χ0n) is 7.17. The summed E-state index contributed by atoms with van der Waals surface area (Å²) in [6.45, 7) is 4.68. The summed E-state index contributed by atoms with van der Waals surface area (Å²) >= 11 is 0. The molecule has 0 rings (SSSR count). The average Bonchev–Trinajstić information content (AvgIpc) is 2.00. The molecule has 0 saturated heterocycles. The van der Waals surface area contributed by atoms with Crippen molar-refractivity contribution in [2.24, 2.45) is 0 Å². The quantitative estimate of drug-likeness (QED) is 0.554. The van der Waals surface area contributed by atoms with E-state index < -0.39 is 0 Å². The van der Waals surface area contributed by atoms with Crippen molar-refractivity contribution in [1.29, 1.82) is 0 Å². The van der Waals surface area contributed by atoms with E-state index in [1.54, 1.807) is 4.90 Å². The maximum absolute atomic E-state index is 11.1. The third-order valence-corrected chi connectivity index (χ3v) is 1.49. The number of carbonyl (C=O) groups is 2. The lowest BCUT2D eigenvalue weighted by atomic mass is 10.3. The maximum atomic E-state index is 11.1. The second kappa shape index (κ2) is 5.89. The van der Waals surface area contributed by atoms with Gasteiger partial charge in [0.1, 0.15) is 6.29 Å². The van der Waals surface area contributed by atoms with E-state index in [1.807, 2.05) is 13.8 Å². The summed E-state index contributed by atoms with van der Waals surface area (Å²) < 4.78 is 0. The third-order valence-electron chi connectivity index (χ3n) is 1.49. The molecule has 0 N–H and O–H groups in total. The van der Waals surface area contributed by atoms with Crippen LogP contribution in [0.2, 0.25) is 0 Å². The van der Waals surface area contributed by atoms with Gasteiger partial charge in [-0.2, -0.15) is 0 Å². The normalized spacial score (nSPS) is 9.27. The minimum absolute atomic E-state index is 0.0714. The second-order valence-corrected chi connectivity index (χ2v) is 2.35. The summed E-state index contributed by atoms with van der Waals surface area (Å²) in [6, 6.07) is 0. The van der Waals surface area contributed by atoms with Crippen LogP contribution in [0.15, 0.2) is 0 Å². The van der Waals surface area contributed by atoms with Crippen LogP contribution in [0.3, 0.4) is 0 Å². The number of likely N-dealkylation sites (N-methyl/N-ethyl adjacent to an activating group) is 1. The van der Waals surface area contributed by atoms with Gasteiger partial charge >= 0.3 is 0 Å². The van der Waals surface area contributed by atoms with Gasteiger partial charge in [-0.3, -0.25) is 4.79 Å². The number of hydrogen-bond donors (Lipinski definition) is 0. The van der Waals surface area contributed by atoms with Crippen LogP contribution in [-0.4, -0.2) is 30.2 Å². The van der Waals surface area contributed by atoms with Gasteiger partial charge in [0.25, 0.3) is 0 Å². The molecule has 64 valence electrons. The zero-order chi connectivity index (χ0) is 8.69. The molecule has 0 aliphatic carbocycles. The Morgan fingerprint density at radius 2 is 2.09 bits per heavy atom. The van der Waals surface area contributed by atoms with Gasteiger partial charge in [-0.05, 0) is 13.3 Å². The SMILES string of the molecule is CCCC(=O)N(CC)CC=O. The van der Waals surface area contributed by atoms with Crippen molar-refractivity contribution in [2.75, 3.05) is 13.1 Å². The largest absolute Gasteiger partial charge is 0.336 e. The molecule has 1 amide bonds. The minimum atomic E-state index is 0.0714. The van der Waals surface area contributed by atoms with Gasteiger partial charge in [0, 0.05) is 13.0 Å². The highest BCUT2D eigenvalue weighted by Gasteiger charge is 2.08. The molecule has 0 heterocycles.